The van der Waals surface area contributed by atoms with Crippen molar-refractivity contribution >= 4 is 0 Å². The van der Waals surface area contributed by atoms with Gasteiger partial charge < -0.3 is 10.2 Å². The third kappa shape index (κ3) is 2.00. The third-order valence-electron chi connectivity index (χ3n) is 1.49. The van der Waals surface area contributed by atoms with Gasteiger partial charge in [0.05, 0.1) is 6.61 Å². The Morgan fingerprint density at radius 3 is 2.73 bits per heavy atom. The molecule has 0 bridgehead atoms. The van der Waals surface area contributed by atoms with Crippen LogP contribution in [0.1, 0.15) is 17.4 Å². The average molecular weight is 153 g/mol. The molecule has 0 saturated heterocycles. The van der Waals surface area contributed by atoms with Crippen molar-refractivity contribution in [2.24, 2.45) is 0 Å². The summed E-state index contributed by atoms with van der Waals surface area (Å²) in [5.41, 5.74) is 1.55. The summed E-state index contributed by atoms with van der Waals surface area (Å²) in [4.78, 5) is 3.98. The Hall–Kier alpha value is -0.930. The zero-order chi connectivity index (χ0) is 8.27. The van der Waals surface area contributed by atoms with Gasteiger partial charge in [0.1, 0.15) is 6.10 Å². The van der Waals surface area contributed by atoms with Crippen LogP contribution in [-0.4, -0.2) is 21.8 Å². The summed E-state index contributed by atoms with van der Waals surface area (Å²) >= 11 is 0. The topological polar surface area (TPSA) is 53.4 Å². The van der Waals surface area contributed by atoms with Crippen molar-refractivity contribution in [3.63, 3.8) is 0 Å². The second kappa shape index (κ2) is 3.46. The van der Waals surface area contributed by atoms with Crippen molar-refractivity contribution in [1.82, 2.24) is 4.98 Å². The van der Waals surface area contributed by atoms with Gasteiger partial charge in [-0.1, -0.05) is 6.07 Å². The average Bonchev–Trinajstić information content (AvgIpc) is 2.05. The number of aromatic nitrogens is 1. The number of aliphatic hydroxyl groups excluding tert-OH is 2. The minimum Gasteiger partial charge on any atom is -0.393 e. The second-order valence-corrected chi connectivity index (χ2v) is 2.43. The van der Waals surface area contributed by atoms with Crippen LogP contribution in [0.5, 0.6) is 0 Å². The summed E-state index contributed by atoms with van der Waals surface area (Å²) in [5.74, 6) is 0. The third-order valence-corrected chi connectivity index (χ3v) is 1.49. The van der Waals surface area contributed by atoms with Crippen LogP contribution in [-0.2, 0) is 0 Å². The molecule has 1 aromatic rings. The highest BCUT2D eigenvalue weighted by Gasteiger charge is 2.04. The standard InChI is InChI=1S/C8H11NO2/c1-6-2-3-7(4-9-6)8(11)5-10/h2-4,8,10-11H,5H2,1H3/t8-/m1/s1. The number of aliphatic hydroxyl groups is 2. The van der Waals surface area contributed by atoms with E-state index >= 15 is 0 Å². The van der Waals surface area contributed by atoms with Gasteiger partial charge in [-0.15, -0.1) is 0 Å². The van der Waals surface area contributed by atoms with Gasteiger partial charge in [-0.3, -0.25) is 4.98 Å². The highest BCUT2D eigenvalue weighted by atomic mass is 16.3. The Morgan fingerprint density at radius 1 is 1.55 bits per heavy atom. The fourth-order valence-corrected chi connectivity index (χ4v) is 0.782. The first kappa shape index (κ1) is 8.17. The molecule has 11 heavy (non-hydrogen) atoms. The van der Waals surface area contributed by atoms with Gasteiger partial charge in [0.15, 0.2) is 0 Å². The molecule has 3 heteroatoms. The maximum Gasteiger partial charge on any atom is 0.104 e. The van der Waals surface area contributed by atoms with E-state index < -0.39 is 6.10 Å². The van der Waals surface area contributed by atoms with Gasteiger partial charge in [0.25, 0.3) is 0 Å². The lowest BCUT2D eigenvalue weighted by molar-refractivity contribution is 0.0953. The summed E-state index contributed by atoms with van der Waals surface area (Å²) in [6.07, 6.45) is 0.763. The molecule has 2 N–H and O–H groups in total. The number of hydrogen-bond acceptors (Lipinski definition) is 3. The Morgan fingerprint density at radius 2 is 2.27 bits per heavy atom. The number of nitrogens with zero attached hydrogens (tertiary/aromatic N) is 1. The molecule has 1 heterocycles. The van der Waals surface area contributed by atoms with Crippen LogP contribution in [0.15, 0.2) is 18.3 Å². The van der Waals surface area contributed by atoms with Crippen molar-refractivity contribution in [3.05, 3.63) is 29.6 Å². The quantitative estimate of drug-likeness (QED) is 0.647. The lowest BCUT2D eigenvalue weighted by Gasteiger charge is -2.05. The lowest BCUT2D eigenvalue weighted by atomic mass is 10.2. The van der Waals surface area contributed by atoms with E-state index in [1.807, 2.05) is 6.92 Å². The van der Waals surface area contributed by atoms with Crippen LogP contribution < -0.4 is 0 Å². The number of aryl methyl sites for hydroxylation is 1. The molecule has 0 saturated carbocycles. The largest absolute Gasteiger partial charge is 0.393 e. The van der Waals surface area contributed by atoms with E-state index in [2.05, 4.69) is 4.98 Å². The molecule has 1 atom stereocenters. The predicted molar refractivity (Wildman–Crippen MR) is 41.0 cm³/mol. The molecule has 0 aliphatic heterocycles. The van der Waals surface area contributed by atoms with Crippen molar-refractivity contribution in [3.8, 4) is 0 Å². The van der Waals surface area contributed by atoms with Gasteiger partial charge in [-0.05, 0) is 13.0 Å². The SMILES string of the molecule is Cc1ccc([C@H](O)CO)cn1. The van der Waals surface area contributed by atoms with Gasteiger partial charge >= 0.3 is 0 Å². The van der Waals surface area contributed by atoms with Crippen LogP contribution in [0.2, 0.25) is 0 Å². The molecule has 0 aliphatic rings. The van der Waals surface area contributed by atoms with E-state index in [0.29, 0.717) is 5.56 Å². The molecule has 60 valence electrons. The molecule has 0 fully saturated rings. The van der Waals surface area contributed by atoms with Gasteiger partial charge in [-0.2, -0.15) is 0 Å². The molecule has 0 unspecified atom stereocenters. The molecule has 0 aliphatic carbocycles. The van der Waals surface area contributed by atoms with E-state index in [1.165, 1.54) is 0 Å². The number of rotatable bonds is 2. The highest BCUT2D eigenvalue weighted by Crippen LogP contribution is 2.09. The Kier molecular flexibility index (Phi) is 2.57. The monoisotopic (exact) mass is 153 g/mol. The number of pyridine rings is 1. The molecule has 1 rings (SSSR count). The Labute approximate surface area is 65.3 Å². The molecule has 0 aromatic carbocycles. The minimum atomic E-state index is -0.803. The minimum absolute atomic E-state index is 0.259. The van der Waals surface area contributed by atoms with Crippen LogP contribution in [0.3, 0.4) is 0 Å². The maximum absolute atomic E-state index is 9.13. The smallest absolute Gasteiger partial charge is 0.104 e. The molecule has 0 spiro atoms. The van der Waals surface area contributed by atoms with Crippen molar-refractivity contribution < 1.29 is 10.2 Å². The summed E-state index contributed by atoms with van der Waals surface area (Å²) < 4.78 is 0. The first-order chi connectivity index (χ1) is 5.24. The van der Waals surface area contributed by atoms with Gasteiger partial charge in [-0.25, -0.2) is 0 Å². The molecule has 1 aromatic heterocycles. The van der Waals surface area contributed by atoms with Crippen LogP contribution in [0, 0.1) is 6.92 Å². The Balaban J connectivity index is 2.81. The molecule has 0 radical (unpaired) electrons. The van der Waals surface area contributed by atoms with E-state index in [-0.39, 0.29) is 6.61 Å². The van der Waals surface area contributed by atoms with E-state index in [0.717, 1.165) is 5.69 Å². The van der Waals surface area contributed by atoms with E-state index in [9.17, 15) is 0 Å². The zero-order valence-corrected chi connectivity index (χ0v) is 6.36. The molecule has 0 amide bonds. The van der Waals surface area contributed by atoms with E-state index in [4.69, 9.17) is 10.2 Å². The fraction of sp³-hybridized carbons (Fsp3) is 0.375. The summed E-state index contributed by atoms with van der Waals surface area (Å²) in [6.45, 7) is 1.61. The molecule has 3 nitrogen and oxygen atoms in total. The normalized spacial score (nSPS) is 13.0. The molecular weight excluding hydrogens is 142 g/mol. The summed E-state index contributed by atoms with van der Waals surface area (Å²) in [6, 6.07) is 3.55. The van der Waals surface area contributed by atoms with Crippen LogP contribution in [0.4, 0.5) is 0 Å². The van der Waals surface area contributed by atoms with Crippen molar-refractivity contribution in [1.29, 1.82) is 0 Å². The van der Waals surface area contributed by atoms with Crippen LogP contribution in [0.25, 0.3) is 0 Å². The Bertz CT molecular complexity index is 220. The van der Waals surface area contributed by atoms with Crippen molar-refractivity contribution in [2.45, 2.75) is 13.0 Å². The number of hydrogen-bond donors (Lipinski definition) is 2. The van der Waals surface area contributed by atoms with Crippen LogP contribution >= 0.6 is 0 Å². The van der Waals surface area contributed by atoms with E-state index in [1.54, 1.807) is 18.3 Å². The predicted octanol–water partition coefficient (Wildman–Crippen LogP) is 0.416. The second-order valence-electron chi connectivity index (χ2n) is 2.43. The fourth-order valence-electron chi connectivity index (χ4n) is 0.782. The van der Waals surface area contributed by atoms with Gasteiger partial charge in [0.2, 0.25) is 0 Å². The summed E-state index contributed by atoms with van der Waals surface area (Å²) in [5, 5.41) is 17.7. The maximum atomic E-state index is 9.13. The summed E-state index contributed by atoms with van der Waals surface area (Å²) in [7, 11) is 0. The lowest BCUT2D eigenvalue weighted by Crippen LogP contribution is -2.02. The van der Waals surface area contributed by atoms with Gasteiger partial charge in [0, 0.05) is 17.5 Å². The first-order valence-corrected chi connectivity index (χ1v) is 3.45. The first-order valence-electron chi connectivity index (χ1n) is 3.45. The zero-order valence-electron chi connectivity index (χ0n) is 6.36. The highest BCUT2D eigenvalue weighted by molar-refractivity contribution is 5.15. The molecular formula is C8H11NO2. The van der Waals surface area contributed by atoms with Crippen molar-refractivity contribution in [2.75, 3.05) is 6.61 Å².